The molecule has 1 fully saturated rings. The molecule has 2 aliphatic rings. The zero-order valence-corrected chi connectivity index (χ0v) is 11.9. The van der Waals surface area contributed by atoms with Crippen molar-refractivity contribution >= 4 is 5.97 Å². The molecule has 20 heavy (non-hydrogen) atoms. The van der Waals surface area contributed by atoms with Crippen LogP contribution < -0.4 is 15.6 Å². The Labute approximate surface area is 118 Å². The fourth-order valence-electron chi connectivity index (χ4n) is 2.91. The third-order valence-electron chi connectivity index (χ3n) is 4.16. The van der Waals surface area contributed by atoms with Crippen LogP contribution in [0.5, 0.6) is 5.75 Å². The number of benzene rings is 1. The molecular weight excluding hydrogens is 256 g/mol. The minimum Gasteiger partial charge on any atom is -0.493 e. The lowest BCUT2D eigenvalue weighted by Gasteiger charge is -2.31. The fraction of sp³-hybridized carbons (Fsp3) is 0.533. The van der Waals surface area contributed by atoms with Crippen molar-refractivity contribution in [3.8, 4) is 5.75 Å². The number of aliphatic carboxylic acids is 1. The molecule has 0 amide bonds. The average Bonchev–Trinajstić information content (AvgIpc) is 2.81. The molecule has 0 aliphatic carbocycles. The predicted octanol–water partition coefficient (Wildman–Crippen LogP) is 1.59. The molecule has 0 aromatic heterocycles. The van der Waals surface area contributed by atoms with Crippen LogP contribution in [-0.4, -0.2) is 23.7 Å². The number of hydrazine groups is 1. The summed E-state index contributed by atoms with van der Waals surface area (Å²) in [5, 5.41) is 9.23. The highest BCUT2D eigenvalue weighted by atomic mass is 16.5. The lowest BCUT2D eigenvalue weighted by molar-refractivity contribution is -0.140. The Morgan fingerprint density at radius 3 is 2.75 bits per heavy atom. The monoisotopic (exact) mass is 276 g/mol. The van der Waals surface area contributed by atoms with Gasteiger partial charge in [0.1, 0.15) is 11.8 Å². The van der Waals surface area contributed by atoms with E-state index in [0.717, 1.165) is 11.3 Å². The third kappa shape index (κ3) is 2.07. The smallest absolute Gasteiger partial charge is 0.322 e. The maximum absolute atomic E-state index is 11.2. The van der Waals surface area contributed by atoms with Crippen molar-refractivity contribution in [3.05, 3.63) is 29.3 Å². The van der Waals surface area contributed by atoms with Gasteiger partial charge in [0.15, 0.2) is 0 Å². The number of hydrogen-bond donors (Lipinski definition) is 3. The van der Waals surface area contributed by atoms with E-state index in [-0.39, 0.29) is 17.4 Å². The van der Waals surface area contributed by atoms with Crippen LogP contribution >= 0.6 is 0 Å². The normalized spacial score (nSPS) is 28.4. The highest BCUT2D eigenvalue weighted by Gasteiger charge is 2.44. The average molecular weight is 276 g/mol. The summed E-state index contributed by atoms with van der Waals surface area (Å²) in [4.78, 5) is 11.2. The molecular formula is C15H20N2O3. The second kappa shape index (κ2) is 4.46. The Morgan fingerprint density at radius 1 is 1.35 bits per heavy atom. The van der Waals surface area contributed by atoms with Gasteiger partial charge in [0, 0.05) is 11.5 Å². The molecule has 5 heteroatoms. The molecule has 1 saturated heterocycles. The molecule has 1 aromatic carbocycles. The number of ether oxygens (including phenoxy) is 1. The van der Waals surface area contributed by atoms with Gasteiger partial charge >= 0.3 is 5.97 Å². The Bertz CT molecular complexity index is 551. The molecule has 3 atom stereocenters. The maximum Gasteiger partial charge on any atom is 0.322 e. The summed E-state index contributed by atoms with van der Waals surface area (Å²) in [5.41, 5.74) is 8.31. The zero-order valence-electron chi connectivity index (χ0n) is 11.9. The number of carbonyl (C=O) groups is 1. The molecule has 3 rings (SSSR count). The molecule has 2 aliphatic heterocycles. The number of rotatable bonds is 1. The lowest BCUT2D eigenvalue weighted by atomic mass is 9.82. The third-order valence-corrected chi connectivity index (χ3v) is 4.16. The molecule has 2 heterocycles. The topological polar surface area (TPSA) is 70.6 Å². The molecule has 0 bridgehead atoms. The van der Waals surface area contributed by atoms with Gasteiger partial charge in [0.05, 0.1) is 12.6 Å². The standard InChI is InChI=1S/C15H20N2O3/c1-15(2,3)8-4-5-11-9(6-8)12-10(7-20-11)13(14(18)19)17-16-12/h4-6,10,12-13,16-17H,7H2,1-3H3,(H,18,19). The number of hydrogen-bond acceptors (Lipinski definition) is 4. The summed E-state index contributed by atoms with van der Waals surface area (Å²) >= 11 is 0. The fourth-order valence-corrected chi connectivity index (χ4v) is 2.91. The van der Waals surface area contributed by atoms with E-state index in [4.69, 9.17) is 4.74 Å². The van der Waals surface area contributed by atoms with Crippen LogP contribution in [0.1, 0.15) is 37.9 Å². The van der Waals surface area contributed by atoms with E-state index < -0.39 is 12.0 Å². The summed E-state index contributed by atoms with van der Waals surface area (Å²) in [6.45, 7) is 6.91. The first kappa shape index (κ1) is 13.4. The summed E-state index contributed by atoms with van der Waals surface area (Å²) in [6.07, 6.45) is 0. The number of fused-ring (bicyclic) bond motifs is 3. The van der Waals surface area contributed by atoms with E-state index >= 15 is 0 Å². The SMILES string of the molecule is CC(C)(C)c1ccc2c(c1)C1NNC(C(=O)O)C1CO2. The van der Waals surface area contributed by atoms with Crippen molar-refractivity contribution in [2.24, 2.45) is 5.92 Å². The largest absolute Gasteiger partial charge is 0.493 e. The zero-order chi connectivity index (χ0) is 14.5. The van der Waals surface area contributed by atoms with E-state index in [0.29, 0.717) is 6.61 Å². The van der Waals surface area contributed by atoms with Crippen LogP contribution in [0.3, 0.4) is 0 Å². The number of carboxylic acids is 1. The number of nitrogens with one attached hydrogen (secondary N) is 2. The first-order valence-electron chi connectivity index (χ1n) is 6.89. The van der Waals surface area contributed by atoms with Gasteiger partial charge in [-0.15, -0.1) is 0 Å². The van der Waals surface area contributed by atoms with Gasteiger partial charge in [-0.05, 0) is 23.1 Å². The molecule has 0 radical (unpaired) electrons. The van der Waals surface area contributed by atoms with Gasteiger partial charge in [0.2, 0.25) is 0 Å². The van der Waals surface area contributed by atoms with E-state index in [1.807, 2.05) is 6.07 Å². The highest BCUT2D eigenvalue weighted by molar-refractivity contribution is 5.74. The van der Waals surface area contributed by atoms with Crippen LogP contribution in [0.15, 0.2) is 18.2 Å². The van der Waals surface area contributed by atoms with Crippen molar-refractivity contribution in [1.82, 2.24) is 10.9 Å². The maximum atomic E-state index is 11.2. The molecule has 3 unspecified atom stereocenters. The van der Waals surface area contributed by atoms with Gasteiger partial charge < -0.3 is 9.84 Å². The van der Waals surface area contributed by atoms with E-state index in [9.17, 15) is 9.90 Å². The molecule has 3 N–H and O–H groups in total. The second-order valence-electron chi connectivity index (χ2n) is 6.56. The van der Waals surface area contributed by atoms with Gasteiger partial charge in [0.25, 0.3) is 0 Å². The van der Waals surface area contributed by atoms with E-state index in [1.165, 1.54) is 5.56 Å². The lowest BCUT2D eigenvalue weighted by Crippen LogP contribution is -2.40. The summed E-state index contributed by atoms with van der Waals surface area (Å²) in [7, 11) is 0. The summed E-state index contributed by atoms with van der Waals surface area (Å²) in [6, 6.07) is 5.58. The van der Waals surface area contributed by atoms with E-state index in [1.54, 1.807) is 0 Å². The van der Waals surface area contributed by atoms with Crippen LogP contribution in [0.25, 0.3) is 0 Å². The van der Waals surface area contributed by atoms with Gasteiger partial charge in [-0.25, -0.2) is 10.9 Å². The van der Waals surface area contributed by atoms with Crippen molar-refractivity contribution in [2.45, 2.75) is 38.3 Å². The summed E-state index contributed by atoms with van der Waals surface area (Å²) in [5.74, 6) is -0.0844. The van der Waals surface area contributed by atoms with Gasteiger partial charge in [-0.3, -0.25) is 4.79 Å². The highest BCUT2D eigenvalue weighted by Crippen LogP contribution is 2.41. The van der Waals surface area contributed by atoms with Crippen LogP contribution in [0, 0.1) is 5.92 Å². The van der Waals surface area contributed by atoms with Gasteiger partial charge in [-0.1, -0.05) is 26.8 Å². The van der Waals surface area contributed by atoms with Crippen molar-refractivity contribution in [2.75, 3.05) is 6.61 Å². The molecule has 5 nitrogen and oxygen atoms in total. The van der Waals surface area contributed by atoms with Crippen LogP contribution in [0.4, 0.5) is 0 Å². The van der Waals surface area contributed by atoms with Crippen molar-refractivity contribution in [1.29, 1.82) is 0 Å². The van der Waals surface area contributed by atoms with E-state index in [2.05, 4.69) is 43.8 Å². The predicted molar refractivity (Wildman–Crippen MR) is 74.6 cm³/mol. The molecule has 108 valence electrons. The van der Waals surface area contributed by atoms with Crippen molar-refractivity contribution < 1.29 is 14.6 Å². The van der Waals surface area contributed by atoms with Crippen LogP contribution in [-0.2, 0) is 10.2 Å². The quantitative estimate of drug-likeness (QED) is 0.726. The van der Waals surface area contributed by atoms with Crippen LogP contribution in [0.2, 0.25) is 0 Å². The molecule has 0 spiro atoms. The molecule has 0 saturated carbocycles. The Hall–Kier alpha value is -1.59. The summed E-state index contributed by atoms with van der Waals surface area (Å²) < 4.78 is 5.74. The Morgan fingerprint density at radius 2 is 2.10 bits per heavy atom. The molecule has 1 aromatic rings. The Balaban J connectivity index is 1.98. The van der Waals surface area contributed by atoms with Gasteiger partial charge in [-0.2, -0.15) is 0 Å². The van der Waals surface area contributed by atoms with Crippen molar-refractivity contribution in [3.63, 3.8) is 0 Å². The minimum absolute atomic E-state index is 0.0119. The first-order chi connectivity index (χ1) is 9.38. The Kier molecular flexibility index (Phi) is 2.99. The second-order valence-corrected chi connectivity index (χ2v) is 6.56. The first-order valence-corrected chi connectivity index (χ1v) is 6.89. The number of carboxylic acid groups (broad SMARTS) is 1. The minimum atomic E-state index is -0.843.